The second-order valence-corrected chi connectivity index (χ2v) is 8.12. The Kier molecular flexibility index (Phi) is 9.03. The van der Waals surface area contributed by atoms with Crippen molar-refractivity contribution >= 4 is 16.6 Å². The van der Waals surface area contributed by atoms with E-state index in [1.807, 2.05) is 43.3 Å². The van der Waals surface area contributed by atoms with E-state index in [1.165, 1.54) is 11.1 Å². The van der Waals surface area contributed by atoms with Crippen LogP contribution in [-0.4, -0.2) is 32.3 Å². The van der Waals surface area contributed by atoms with E-state index < -0.39 is 0 Å². The molecule has 2 aromatic rings. The predicted octanol–water partition coefficient (Wildman–Crippen LogP) is 5.84. The lowest BCUT2D eigenvalue weighted by Crippen LogP contribution is -2.15. The van der Waals surface area contributed by atoms with Gasteiger partial charge in [0.25, 0.3) is 5.56 Å². The molecule has 5 nitrogen and oxygen atoms in total. The second kappa shape index (κ2) is 11.5. The maximum Gasteiger partial charge on any atom is 0.294 e. The van der Waals surface area contributed by atoms with Crippen molar-refractivity contribution in [1.82, 2.24) is 4.98 Å². The first-order valence-electron chi connectivity index (χ1n) is 10.8. The van der Waals surface area contributed by atoms with Crippen LogP contribution in [0.5, 0.6) is 11.5 Å². The van der Waals surface area contributed by atoms with E-state index in [9.17, 15) is 4.79 Å². The van der Waals surface area contributed by atoms with E-state index in [0.29, 0.717) is 19.0 Å². The first kappa shape index (κ1) is 23.6. The van der Waals surface area contributed by atoms with E-state index in [1.54, 1.807) is 0 Å². The van der Waals surface area contributed by atoms with Crippen molar-refractivity contribution in [3.05, 3.63) is 51.9 Å². The molecule has 5 heteroatoms. The number of rotatable bonds is 11. The van der Waals surface area contributed by atoms with Gasteiger partial charge in [-0.25, -0.2) is 0 Å². The van der Waals surface area contributed by atoms with Crippen LogP contribution in [0.1, 0.15) is 53.4 Å². The average Bonchev–Trinajstić information content (AvgIpc) is 2.68. The Bertz CT molecular complexity index is 951. The summed E-state index contributed by atoms with van der Waals surface area (Å²) < 4.78 is 11.9. The Morgan fingerprint density at radius 2 is 1.87 bits per heavy atom. The fourth-order valence-corrected chi connectivity index (χ4v) is 3.07. The van der Waals surface area contributed by atoms with Gasteiger partial charge in [-0.15, -0.1) is 0 Å². The zero-order chi connectivity index (χ0) is 22.1. The lowest BCUT2D eigenvalue weighted by Gasteiger charge is -2.17. The molecule has 1 heterocycles. The number of hydrogen-bond acceptors (Lipinski definition) is 4. The van der Waals surface area contributed by atoms with Crippen LogP contribution in [0, 0.1) is 0 Å². The van der Waals surface area contributed by atoms with Gasteiger partial charge in [0.1, 0.15) is 6.61 Å². The van der Waals surface area contributed by atoms with Gasteiger partial charge >= 0.3 is 0 Å². The Morgan fingerprint density at radius 1 is 1.10 bits per heavy atom. The maximum atomic E-state index is 12.8. The number of unbranched alkanes of at least 4 members (excludes halogenated alkanes) is 1. The van der Waals surface area contributed by atoms with Crippen molar-refractivity contribution in [3.63, 3.8) is 0 Å². The molecule has 0 aliphatic heterocycles. The molecule has 1 N–H and O–H groups in total. The number of aromatic amines is 1. The summed E-state index contributed by atoms with van der Waals surface area (Å²) in [7, 11) is 3.95. The lowest BCUT2D eigenvalue weighted by atomic mass is 10.1. The van der Waals surface area contributed by atoms with Crippen molar-refractivity contribution in [2.75, 3.05) is 32.2 Å². The van der Waals surface area contributed by atoms with E-state index >= 15 is 0 Å². The number of fused-ring (bicyclic) bond motifs is 1. The van der Waals surface area contributed by atoms with Crippen molar-refractivity contribution in [2.24, 2.45) is 0 Å². The zero-order valence-electron chi connectivity index (χ0n) is 19.3. The van der Waals surface area contributed by atoms with Crippen LogP contribution in [0.15, 0.2) is 46.3 Å². The van der Waals surface area contributed by atoms with E-state index in [-0.39, 0.29) is 11.3 Å². The van der Waals surface area contributed by atoms with Gasteiger partial charge in [-0.3, -0.25) is 4.79 Å². The third-order valence-electron chi connectivity index (χ3n) is 4.92. The fraction of sp³-hybridized carbons (Fsp3) is 0.480. The van der Waals surface area contributed by atoms with Gasteiger partial charge in [-0.1, -0.05) is 30.6 Å². The van der Waals surface area contributed by atoms with E-state index in [4.69, 9.17) is 9.47 Å². The SMILES string of the molecule is CCCCOc1c(OCC=C(C)CCC=C(C)C)c(=O)[nH]c2cc(N(C)C)ccc12. The number of H-pyrrole nitrogens is 1. The highest BCUT2D eigenvalue weighted by Gasteiger charge is 2.16. The van der Waals surface area contributed by atoms with Crippen LogP contribution in [-0.2, 0) is 0 Å². The third-order valence-corrected chi connectivity index (χ3v) is 4.92. The highest BCUT2D eigenvalue weighted by Crippen LogP contribution is 2.33. The van der Waals surface area contributed by atoms with Gasteiger partial charge in [-0.05, 0) is 64.3 Å². The number of pyridine rings is 1. The summed E-state index contributed by atoms with van der Waals surface area (Å²) in [6, 6.07) is 5.96. The minimum Gasteiger partial charge on any atom is -0.489 e. The van der Waals surface area contributed by atoms with Crippen molar-refractivity contribution in [1.29, 1.82) is 0 Å². The molecule has 0 radical (unpaired) electrons. The molecule has 0 saturated carbocycles. The highest BCUT2D eigenvalue weighted by atomic mass is 16.5. The monoisotopic (exact) mass is 412 g/mol. The molecule has 2 rings (SSSR count). The Morgan fingerprint density at radius 3 is 2.53 bits per heavy atom. The maximum absolute atomic E-state index is 12.8. The lowest BCUT2D eigenvalue weighted by molar-refractivity contribution is 0.279. The summed E-state index contributed by atoms with van der Waals surface area (Å²) in [5.41, 5.74) is 4.07. The molecule has 1 aromatic carbocycles. The molecule has 0 aliphatic rings. The smallest absolute Gasteiger partial charge is 0.294 e. The first-order chi connectivity index (χ1) is 14.3. The molecule has 30 heavy (non-hydrogen) atoms. The standard InChI is InChI=1S/C25H36N2O3/c1-7-8-15-29-23-21-13-12-20(27(5)6)17-22(21)26-25(28)24(23)30-16-14-19(4)11-9-10-18(2)3/h10,12-14,17H,7-9,11,15-16H2,1-6H3,(H,26,28). The Balaban J connectivity index is 2.29. The Hall–Kier alpha value is -2.69. The number of anilines is 1. The summed E-state index contributed by atoms with van der Waals surface area (Å²) in [5.74, 6) is 0.785. The van der Waals surface area contributed by atoms with Gasteiger partial charge in [0.15, 0.2) is 5.75 Å². The summed E-state index contributed by atoms with van der Waals surface area (Å²) in [6.07, 6.45) is 8.21. The van der Waals surface area contributed by atoms with Crippen LogP contribution >= 0.6 is 0 Å². The molecule has 0 atom stereocenters. The van der Waals surface area contributed by atoms with Crippen molar-refractivity contribution in [3.8, 4) is 11.5 Å². The van der Waals surface area contributed by atoms with E-state index in [2.05, 4.69) is 38.8 Å². The van der Waals surface area contributed by atoms with Gasteiger partial charge in [0.05, 0.1) is 12.1 Å². The molecule has 0 unspecified atom stereocenters. The number of ether oxygens (including phenoxy) is 2. The van der Waals surface area contributed by atoms with Crippen LogP contribution in [0.4, 0.5) is 5.69 Å². The van der Waals surface area contributed by atoms with Crippen molar-refractivity contribution in [2.45, 2.75) is 53.4 Å². The zero-order valence-corrected chi connectivity index (χ0v) is 19.3. The Labute approximate surface area is 180 Å². The molecule has 1 aromatic heterocycles. The number of benzene rings is 1. The topological polar surface area (TPSA) is 54.6 Å². The highest BCUT2D eigenvalue weighted by molar-refractivity contribution is 5.89. The summed E-state index contributed by atoms with van der Waals surface area (Å²) >= 11 is 0. The molecular weight excluding hydrogens is 376 g/mol. The fourth-order valence-electron chi connectivity index (χ4n) is 3.07. The molecule has 0 spiro atoms. The molecule has 0 amide bonds. The average molecular weight is 413 g/mol. The van der Waals surface area contributed by atoms with Crippen LogP contribution in [0.25, 0.3) is 10.9 Å². The summed E-state index contributed by atoms with van der Waals surface area (Å²) in [6.45, 7) is 9.32. The number of nitrogens with zero attached hydrogens (tertiary/aromatic N) is 1. The molecule has 0 bridgehead atoms. The number of hydrogen-bond donors (Lipinski definition) is 1. The third kappa shape index (κ3) is 6.68. The number of aromatic nitrogens is 1. The summed E-state index contributed by atoms with van der Waals surface area (Å²) in [5, 5.41) is 0.857. The molecule has 164 valence electrons. The van der Waals surface area contributed by atoms with Crippen LogP contribution in [0.2, 0.25) is 0 Å². The van der Waals surface area contributed by atoms with Gasteiger partial charge in [0.2, 0.25) is 5.75 Å². The molecule has 0 saturated heterocycles. The number of nitrogens with one attached hydrogen (secondary N) is 1. The minimum atomic E-state index is -0.263. The first-order valence-corrected chi connectivity index (χ1v) is 10.8. The van der Waals surface area contributed by atoms with Crippen LogP contribution < -0.4 is 19.9 Å². The molecule has 0 aliphatic carbocycles. The quantitative estimate of drug-likeness (QED) is 0.372. The van der Waals surface area contributed by atoms with Gasteiger partial charge < -0.3 is 19.4 Å². The number of allylic oxidation sites excluding steroid dienone is 3. The van der Waals surface area contributed by atoms with E-state index in [0.717, 1.165) is 42.3 Å². The largest absolute Gasteiger partial charge is 0.489 e. The second-order valence-electron chi connectivity index (χ2n) is 8.12. The van der Waals surface area contributed by atoms with Crippen molar-refractivity contribution < 1.29 is 9.47 Å². The summed E-state index contributed by atoms with van der Waals surface area (Å²) in [4.78, 5) is 17.7. The van der Waals surface area contributed by atoms with Gasteiger partial charge in [0, 0.05) is 25.2 Å². The van der Waals surface area contributed by atoms with Crippen LogP contribution in [0.3, 0.4) is 0 Å². The minimum absolute atomic E-state index is 0.254. The molecular formula is C25H36N2O3. The normalized spacial score (nSPS) is 11.5. The molecule has 0 fully saturated rings. The predicted molar refractivity (Wildman–Crippen MR) is 127 cm³/mol. The van der Waals surface area contributed by atoms with Gasteiger partial charge in [-0.2, -0.15) is 0 Å².